The number of rotatable bonds is 1. The fourth-order valence-corrected chi connectivity index (χ4v) is 2.26. The number of alkyl halides is 3. The summed E-state index contributed by atoms with van der Waals surface area (Å²) in [6, 6.07) is 0. The van der Waals surface area contributed by atoms with Crippen LogP contribution in [0, 0.1) is 11.3 Å². The van der Waals surface area contributed by atoms with Gasteiger partial charge in [-0.05, 0) is 37.0 Å². The largest absolute Gasteiger partial charge is 0.490 e. The summed E-state index contributed by atoms with van der Waals surface area (Å²) in [6.07, 6.45) is -2.74. The zero-order valence-electron chi connectivity index (χ0n) is 10.4. The van der Waals surface area contributed by atoms with Crippen molar-refractivity contribution < 1.29 is 22.7 Å². The maximum Gasteiger partial charge on any atom is 0.490 e. The molecule has 0 aromatic heterocycles. The lowest BCUT2D eigenvalue weighted by Gasteiger charge is -2.36. The highest BCUT2D eigenvalue weighted by Crippen LogP contribution is 2.38. The molecule has 0 bridgehead atoms. The minimum atomic E-state index is -4.87. The average Bonchev–Trinajstić information content (AvgIpc) is 2.15. The molecule has 2 nitrogen and oxygen atoms in total. The molecule has 1 rings (SSSR count). The van der Waals surface area contributed by atoms with Gasteiger partial charge >= 0.3 is 12.1 Å². The molecule has 0 unspecified atom stereocenters. The fourth-order valence-electron chi connectivity index (χ4n) is 2.26. The molecule has 0 amide bonds. The molecule has 100 valence electrons. The molecule has 0 spiro atoms. The van der Waals surface area contributed by atoms with Crippen molar-refractivity contribution in [3.63, 3.8) is 0 Å². The van der Waals surface area contributed by atoms with Crippen LogP contribution in [-0.2, 0) is 9.53 Å². The summed E-state index contributed by atoms with van der Waals surface area (Å²) in [5.74, 6) is -1.57. The Morgan fingerprint density at radius 3 is 1.88 bits per heavy atom. The summed E-state index contributed by atoms with van der Waals surface area (Å²) in [5, 5.41) is 0. The summed E-state index contributed by atoms with van der Waals surface area (Å²) in [5.41, 5.74) is 0.166. The predicted molar refractivity (Wildman–Crippen MR) is 57.3 cm³/mol. The number of esters is 1. The van der Waals surface area contributed by atoms with Gasteiger partial charge in [-0.15, -0.1) is 0 Å². The van der Waals surface area contributed by atoms with Crippen LogP contribution in [0.1, 0.15) is 46.5 Å². The first kappa shape index (κ1) is 14.3. The van der Waals surface area contributed by atoms with Gasteiger partial charge in [0.05, 0.1) is 0 Å². The van der Waals surface area contributed by atoms with Crippen LogP contribution in [0.25, 0.3) is 0 Å². The normalized spacial score (nSPS) is 26.7. The van der Waals surface area contributed by atoms with Gasteiger partial charge in [0.15, 0.2) is 0 Å². The third-order valence-corrected chi connectivity index (χ3v) is 3.40. The molecule has 0 radical (unpaired) electrons. The molecule has 0 atom stereocenters. The number of carbonyl (C=O) groups is 1. The lowest BCUT2D eigenvalue weighted by atomic mass is 9.72. The highest BCUT2D eigenvalue weighted by Gasteiger charge is 2.43. The van der Waals surface area contributed by atoms with E-state index in [2.05, 4.69) is 25.5 Å². The Balaban J connectivity index is 2.41. The molecule has 0 saturated heterocycles. The zero-order valence-corrected chi connectivity index (χ0v) is 10.4. The van der Waals surface area contributed by atoms with Crippen LogP contribution >= 0.6 is 0 Å². The first-order chi connectivity index (χ1) is 7.60. The van der Waals surface area contributed by atoms with Crippen LogP contribution in [0.4, 0.5) is 13.2 Å². The van der Waals surface area contributed by atoms with Gasteiger partial charge in [0.1, 0.15) is 6.10 Å². The number of ether oxygens (including phenoxy) is 1. The molecule has 1 aliphatic carbocycles. The summed E-state index contributed by atoms with van der Waals surface area (Å²) in [7, 11) is 0. The van der Waals surface area contributed by atoms with Crippen LogP contribution in [0.5, 0.6) is 0 Å². The van der Waals surface area contributed by atoms with E-state index in [0.29, 0.717) is 18.8 Å². The monoisotopic (exact) mass is 252 g/mol. The van der Waals surface area contributed by atoms with E-state index in [9.17, 15) is 18.0 Å². The molecule has 1 aliphatic rings. The minimum Gasteiger partial charge on any atom is -0.456 e. The predicted octanol–water partition coefficient (Wildman–Crippen LogP) is 3.70. The Bertz CT molecular complexity index is 270. The molecule has 0 N–H and O–H groups in total. The highest BCUT2D eigenvalue weighted by atomic mass is 19.4. The van der Waals surface area contributed by atoms with E-state index in [1.807, 2.05) is 0 Å². The Morgan fingerprint density at radius 2 is 1.53 bits per heavy atom. The molecule has 0 aromatic carbocycles. The molecule has 5 heteroatoms. The maximum atomic E-state index is 12.0. The summed E-state index contributed by atoms with van der Waals surface area (Å²) in [4.78, 5) is 10.7. The van der Waals surface area contributed by atoms with Gasteiger partial charge in [-0.3, -0.25) is 0 Å². The maximum absolute atomic E-state index is 12.0. The fraction of sp³-hybridized carbons (Fsp3) is 0.917. The molecule has 17 heavy (non-hydrogen) atoms. The van der Waals surface area contributed by atoms with E-state index in [1.54, 1.807) is 0 Å². The molecule has 1 fully saturated rings. The van der Waals surface area contributed by atoms with Crippen molar-refractivity contribution in [2.45, 2.75) is 58.7 Å². The van der Waals surface area contributed by atoms with Gasteiger partial charge in [0.2, 0.25) is 0 Å². The van der Waals surface area contributed by atoms with Crippen molar-refractivity contribution >= 4 is 5.97 Å². The van der Waals surface area contributed by atoms with Gasteiger partial charge in [-0.1, -0.05) is 20.8 Å². The van der Waals surface area contributed by atoms with Crippen LogP contribution in [0.3, 0.4) is 0 Å². The molecule has 0 aliphatic heterocycles. The van der Waals surface area contributed by atoms with Crippen LogP contribution < -0.4 is 0 Å². The molecule has 0 heterocycles. The van der Waals surface area contributed by atoms with Crippen molar-refractivity contribution in [2.75, 3.05) is 0 Å². The first-order valence-electron chi connectivity index (χ1n) is 5.88. The number of hydrogen-bond donors (Lipinski definition) is 0. The van der Waals surface area contributed by atoms with E-state index in [-0.39, 0.29) is 5.41 Å². The lowest BCUT2D eigenvalue weighted by Crippen LogP contribution is -2.34. The van der Waals surface area contributed by atoms with Crippen molar-refractivity contribution in [2.24, 2.45) is 11.3 Å². The smallest absolute Gasteiger partial charge is 0.456 e. The summed E-state index contributed by atoms with van der Waals surface area (Å²) in [6.45, 7) is 6.37. The van der Waals surface area contributed by atoms with Gasteiger partial charge in [-0.25, -0.2) is 4.79 Å². The third-order valence-electron chi connectivity index (χ3n) is 3.40. The molecule has 1 saturated carbocycles. The second-order valence-electron chi connectivity index (χ2n) is 5.74. The van der Waals surface area contributed by atoms with Gasteiger partial charge in [-0.2, -0.15) is 13.2 Å². The third kappa shape index (κ3) is 4.21. The molecular formula is C12H19F3O2. The van der Waals surface area contributed by atoms with Crippen molar-refractivity contribution in [1.82, 2.24) is 0 Å². The first-order valence-corrected chi connectivity index (χ1v) is 5.88. The number of hydrogen-bond acceptors (Lipinski definition) is 2. The summed E-state index contributed by atoms with van der Waals surface area (Å²) >= 11 is 0. The van der Waals surface area contributed by atoms with E-state index in [4.69, 9.17) is 0 Å². The van der Waals surface area contributed by atoms with E-state index >= 15 is 0 Å². The average molecular weight is 252 g/mol. The summed E-state index contributed by atoms with van der Waals surface area (Å²) < 4.78 is 40.4. The van der Waals surface area contributed by atoms with E-state index < -0.39 is 18.2 Å². The van der Waals surface area contributed by atoms with Crippen molar-refractivity contribution in [1.29, 1.82) is 0 Å². The Kier molecular flexibility index (Phi) is 4.10. The SMILES string of the molecule is CC(C)(C)C1CCC(OC(=O)C(F)(F)F)CC1. The van der Waals surface area contributed by atoms with Crippen LogP contribution in [0.15, 0.2) is 0 Å². The topological polar surface area (TPSA) is 26.3 Å². The van der Waals surface area contributed by atoms with E-state index in [0.717, 1.165) is 12.8 Å². The van der Waals surface area contributed by atoms with Crippen LogP contribution in [0.2, 0.25) is 0 Å². The zero-order chi connectivity index (χ0) is 13.3. The van der Waals surface area contributed by atoms with Crippen LogP contribution in [-0.4, -0.2) is 18.2 Å². The quantitative estimate of drug-likeness (QED) is 0.665. The Hall–Kier alpha value is -0.740. The number of halogens is 3. The van der Waals surface area contributed by atoms with Crippen molar-refractivity contribution in [3.8, 4) is 0 Å². The number of carbonyl (C=O) groups excluding carboxylic acids is 1. The van der Waals surface area contributed by atoms with Gasteiger partial charge in [0.25, 0.3) is 0 Å². The second-order valence-corrected chi connectivity index (χ2v) is 5.74. The van der Waals surface area contributed by atoms with Gasteiger partial charge in [0, 0.05) is 0 Å². The van der Waals surface area contributed by atoms with Gasteiger partial charge < -0.3 is 4.74 Å². The Labute approximate surface area is 99.5 Å². The molecular weight excluding hydrogens is 233 g/mol. The second kappa shape index (κ2) is 4.86. The Morgan fingerprint density at radius 1 is 1.06 bits per heavy atom. The minimum absolute atomic E-state index is 0.166. The van der Waals surface area contributed by atoms with Crippen molar-refractivity contribution in [3.05, 3.63) is 0 Å². The molecule has 0 aromatic rings. The standard InChI is InChI=1S/C12H19F3O2/c1-11(2,3)8-4-6-9(7-5-8)17-10(16)12(13,14)15/h8-9H,4-7H2,1-3H3. The highest BCUT2D eigenvalue weighted by molar-refractivity contribution is 5.75. The lowest BCUT2D eigenvalue weighted by molar-refractivity contribution is -0.206. The van der Waals surface area contributed by atoms with E-state index in [1.165, 1.54) is 0 Å².